The van der Waals surface area contributed by atoms with Crippen LogP contribution in [0, 0.1) is 3.57 Å². The summed E-state index contributed by atoms with van der Waals surface area (Å²) in [5.74, 6) is 0.886. The van der Waals surface area contributed by atoms with E-state index in [1.165, 1.54) is 12.8 Å². The second-order valence-electron chi connectivity index (χ2n) is 5.49. The van der Waals surface area contributed by atoms with E-state index in [1.54, 1.807) is 6.26 Å². The Kier molecular flexibility index (Phi) is 5.15. The molecule has 1 aromatic carbocycles. The number of rotatable bonds is 5. The molecule has 0 aliphatic carbocycles. The first-order valence-electron chi connectivity index (χ1n) is 7.55. The average Bonchev–Trinajstić information content (AvgIpc) is 3.22. The van der Waals surface area contributed by atoms with Crippen LogP contribution in [-0.2, 0) is 0 Å². The summed E-state index contributed by atoms with van der Waals surface area (Å²) < 4.78 is 6.69. The Bertz CT molecular complexity index is 604. The maximum absolute atomic E-state index is 12.3. The highest BCUT2D eigenvalue weighted by atomic mass is 127. The molecular formula is C17H19IN2O2. The summed E-state index contributed by atoms with van der Waals surface area (Å²) in [4.78, 5) is 14.7. The van der Waals surface area contributed by atoms with Gasteiger partial charge in [-0.1, -0.05) is 0 Å². The molecule has 1 aliphatic heterocycles. The number of benzene rings is 1. The molecule has 5 heteroatoms. The third-order valence-electron chi connectivity index (χ3n) is 4.02. The Balaban J connectivity index is 1.66. The van der Waals surface area contributed by atoms with Gasteiger partial charge in [0.2, 0.25) is 0 Å². The van der Waals surface area contributed by atoms with Crippen molar-refractivity contribution in [1.29, 1.82) is 0 Å². The van der Waals surface area contributed by atoms with Gasteiger partial charge in [0.05, 0.1) is 12.3 Å². The smallest absolute Gasteiger partial charge is 0.251 e. The van der Waals surface area contributed by atoms with Crippen molar-refractivity contribution in [2.24, 2.45) is 0 Å². The van der Waals surface area contributed by atoms with Crippen molar-refractivity contribution >= 4 is 28.5 Å². The normalized spacial score (nSPS) is 16.6. The predicted octanol–water partition coefficient (Wildman–Crippen LogP) is 3.45. The zero-order chi connectivity index (χ0) is 15.4. The van der Waals surface area contributed by atoms with Crippen LogP contribution in [0.3, 0.4) is 0 Å². The Hall–Kier alpha value is -1.34. The van der Waals surface area contributed by atoms with E-state index in [-0.39, 0.29) is 11.9 Å². The Labute approximate surface area is 144 Å². The Morgan fingerprint density at radius 2 is 1.95 bits per heavy atom. The van der Waals surface area contributed by atoms with Gasteiger partial charge in [0.1, 0.15) is 5.76 Å². The summed E-state index contributed by atoms with van der Waals surface area (Å²) in [7, 11) is 0. The van der Waals surface area contributed by atoms with Gasteiger partial charge in [0, 0.05) is 15.7 Å². The second kappa shape index (κ2) is 7.28. The van der Waals surface area contributed by atoms with Crippen LogP contribution in [0.2, 0.25) is 0 Å². The lowest BCUT2D eigenvalue weighted by atomic mass is 10.1. The van der Waals surface area contributed by atoms with Crippen LogP contribution in [0.25, 0.3) is 0 Å². The van der Waals surface area contributed by atoms with Gasteiger partial charge in [-0.3, -0.25) is 9.69 Å². The predicted molar refractivity (Wildman–Crippen MR) is 93.7 cm³/mol. The third-order valence-corrected chi connectivity index (χ3v) is 4.73. The molecule has 1 unspecified atom stereocenters. The maximum atomic E-state index is 12.3. The molecule has 3 rings (SSSR count). The number of likely N-dealkylation sites (tertiary alicyclic amines) is 1. The number of amides is 1. The van der Waals surface area contributed by atoms with Gasteiger partial charge >= 0.3 is 0 Å². The number of halogens is 1. The number of carbonyl (C=O) groups is 1. The molecule has 1 atom stereocenters. The highest BCUT2D eigenvalue weighted by Crippen LogP contribution is 2.25. The molecule has 0 spiro atoms. The number of furan rings is 1. The molecule has 2 heterocycles. The van der Waals surface area contributed by atoms with Gasteiger partial charge in [-0.05, 0) is 84.9 Å². The summed E-state index contributed by atoms with van der Waals surface area (Å²) in [5, 5.41) is 3.04. The molecule has 1 fully saturated rings. The first kappa shape index (κ1) is 15.6. The number of carbonyl (C=O) groups excluding carboxylic acids is 1. The van der Waals surface area contributed by atoms with E-state index in [1.807, 2.05) is 36.4 Å². The fourth-order valence-electron chi connectivity index (χ4n) is 2.84. The van der Waals surface area contributed by atoms with E-state index in [2.05, 4.69) is 32.8 Å². The van der Waals surface area contributed by atoms with Crippen molar-refractivity contribution in [1.82, 2.24) is 10.2 Å². The van der Waals surface area contributed by atoms with Gasteiger partial charge in [0.15, 0.2) is 0 Å². The average molecular weight is 410 g/mol. The van der Waals surface area contributed by atoms with Crippen molar-refractivity contribution in [2.45, 2.75) is 18.9 Å². The minimum atomic E-state index is -0.0350. The van der Waals surface area contributed by atoms with Crippen molar-refractivity contribution in [3.8, 4) is 0 Å². The minimum Gasteiger partial charge on any atom is -0.468 e. The second-order valence-corrected chi connectivity index (χ2v) is 6.74. The van der Waals surface area contributed by atoms with Crippen LogP contribution >= 0.6 is 22.6 Å². The fourth-order valence-corrected chi connectivity index (χ4v) is 3.20. The van der Waals surface area contributed by atoms with E-state index < -0.39 is 0 Å². The first-order valence-corrected chi connectivity index (χ1v) is 8.63. The van der Waals surface area contributed by atoms with E-state index in [0.29, 0.717) is 12.1 Å². The quantitative estimate of drug-likeness (QED) is 0.769. The fraction of sp³-hybridized carbons (Fsp3) is 0.353. The standard InChI is InChI=1S/C17H19IN2O2/c18-14-7-5-13(6-8-14)17(21)19-12-15(16-4-3-11-22-16)20-9-1-2-10-20/h3-8,11,15H,1-2,9-10,12H2,(H,19,21). The molecule has 0 saturated carbocycles. The van der Waals surface area contributed by atoms with E-state index >= 15 is 0 Å². The number of hydrogen-bond donors (Lipinski definition) is 1. The summed E-state index contributed by atoms with van der Waals surface area (Å²) in [5.41, 5.74) is 0.694. The Morgan fingerprint density at radius 1 is 1.23 bits per heavy atom. The monoisotopic (exact) mass is 410 g/mol. The largest absolute Gasteiger partial charge is 0.468 e. The SMILES string of the molecule is O=C(NCC(c1ccco1)N1CCCC1)c1ccc(I)cc1. The summed E-state index contributed by atoms with van der Waals surface area (Å²) >= 11 is 2.23. The molecule has 1 aromatic heterocycles. The van der Waals surface area contributed by atoms with Crippen molar-refractivity contribution in [3.63, 3.8) is 0 Å². The molecule has 1 N–H and O–H groups in total. The molecule has 0 radical (unpaired) electrons. The minimum absolute atomic E-state index is 0.0350. The van der Waals surface area contributed by atoms with E-state index in [9.17, 15) is 4.79 Å². The summed E-state index contributed by atoms with van der Waals surface area (Å²) in [6, 6.07) is 11.6. The maximum Gasteiger partial charge on any atom is 0.251 e. The number of hydrogen-bond acceptors (Lipinski definition) is 3. The van der Waals surface area contributed by atoms with Crippen LogP contribution in [0.5, 0.6) is 0 Å². The third kappa shape index (κ3) is 3.70. The van der Waals surface area contributed by atoms with Crippen LogP contribution < -0.4 is 5.32 Å². The number of nitrogens with one attached hydrogen (secondary N) is 1. The van der Waals surface area contributed by atoms with Crippen molar-refractivity contribution in [2.75, 3.05) is 19.6 Å². The van der Waals surface area contributed by atoms with Gasteiger partial charge in [0.25, 0.3) is 5.91 Å². The van der Waals surface area contributed by atoms with Gasteiger partial charge in [-0.15, -0.1) is 0 Å². The highest BCUT2D eigenvalue weighted by Gasteiger charge is 2.25. The van der Waals surface area contributed by atoms with E-state index in [0.717, 1.165) is 22.4 Å². The van der Waals surface area contributed by atoms with Crippen LogP contribution in [0.4, 0.5) is 0 Å². The molecule has 22 heavy (non-hydrogen) atoms. The molecule has 1 amide bonds. The molecule has 1 aliphatic rings. The first-order chi connectivity index (χ1) is 10.7. The topological polar surface area (TPSA) is 45.5 Å². The van der Waals surface area contributed by atoms with Gasteiger partial charge < -0.3 is 9.73 Å². The van der Waals surface area contributed by atoms with Gasteiger partial charge in [-0.25, -0.2) is 0 Å². The molecule has 116 valence electrons. The zero-order valence-electron chi connectivity index (χ0n) is 12.3. The summed E-state index contributed by atoms with van der Waals surface area (Å²) in [6.07, 6.45) is 4.11. The van der Waals surface area contributed by atoms with Crippen molar-refractivity contribution < 1.29 is 9.21 Å². The molecule has 2 aromatic rings. The lowest BCUT2D eigenvalue weighted by Crippen LogP contribution is -2.36. The molecule has 1 saturated heterocycles. The van der Waals surface area contributed by atoms with Crippen LogP contribution in [0.1, 0.15) is 35.0 Å². The molecule has 4 nitrogen and oxygen atoms in total. The zero-order valence-corrected chi connectivity index (χ0v) is 14.5. The number of nitrogens with zero attached hydrogens (tertiary/aromatic N) is 1. The summed E-state index contributed by atoms with van der Waals surface area (Å²) in [6.45, 7) is 2.69. The lowest BCUT2D eigenvalue weighted by Gasteiger charge is -2.26. The molecule has 0 bridgehead atoms. The van der Waals surface area contributed by atoms with Gasteiger partial charge in [-0.2, -0.15) is 0 Å². The van der Waals surface area contributed by atoms with Crippen molar-refractivity contribution in [3.05, 3.63) is 57.6 Å². The highest BCUT2D eigenvalue weighted by molar-refractivity contribution is 14.1. The lowest BCUT2D eigenvalue weighted by molar-refractivity contribution is 0.0934. The van der Waals surface area contributed by atoms with E-state index in [4.69, 9.17) is 4.42 Å². The Morgan fingerprint density at radius 3 is 2.59 bits per heavy atom. The molecular weight excluding hydrogens is 391 g/mol. The van der Waals surface area contributed by atoms with Crippen LogP contribution in [-0.4, -0.2) is 30.4 Å². The van der Waals surface area contributed by atoms with Crippen LogP contribution in [0.15, 0.2) is 47.1 Å².